The Labute approximate surface area is 554 Å². The van der Waals surface area contributed by atoms with Crippen molar-refractivity contribution in [2.24, 2.45) is 0 Å². The third-order valence-electron chi connectivity index (χ3n) is 16.6. The minimum atomic E-state index is -0.558. The highest BCUT2D eigenvalue weighted by atomic mass is 16.5. The highest BCUT2D eigenvalue weighted by molar-refractivity contribution is 5.97. The van der Waals surface area contributed by atoms with Gasteiger partial charge in [-0.2, -0.15) is 27.4 Å². The quantitative estimate of drug-likeness (QED) is 0.0428. The smallest absolute Gasteiger partial charge is 0.338 e. The fourth-order valence-electron chi connectivity index (χ4n) is 11.4. The second kappa shape index (κ2) is 28.0. The normalized spacial score (nSPS) is 10.9. The number of ether oxygens (including phenoxy) is 8. The van der Waals surface area contributed by atoms with E-state index >= 15 is 0 Å². The fraction of sp³-hybridized carbons (Fsp3) is 0.103. The Hall–Kier alpha value is -12.7. The van der Waals surface area contributed by atoms with Crippen molar-refractivity contribution in [1.82, 2.24) is 0 Å². The van der Waals surface area contributed by atoms with Gasteiger partial charge in [0.25, 0.3) is 22.7 Å². The summed E-state index contributed by atoms with van der Waals surface area (Å²) in [6, 6.07) is 58.4. The van der Waals surface area contributed by atoms with Crippen LogP contribution in [-0.2, 0) is 18.9 Å². The minimum absolute atomic E-state index is 0.235. The first-order valence-electron chi connectivity index (χ1n) is 30.3. The number of rotatable bonds is 19. The summed E-state index contributed by atoms with van der Waals surface area (Å²) in [5.41, 5.74) is 15.4. The van der Waals surface area contributed by atoms with E-state index in [-0.39, 0.29) is 22.3 Å². The van der Waals surface area contributed by atoms with E-state index in [2.05, 4.69) is 60.7 Å². The molecule has 0 amide bonds. The highest BCUT2D eigenvalue weighted by Crippen LogP contribution is 2.35. The van der Waals surface area contributed by atoms with Crippen LogP contribution < -0.4 is 46.4 Å². The molecule has 96 heavy (non-hydrogen) atoms. The maximum absolute atomic E-state index is 12.4. The third-order valence-corrected chi connectivity index (χ3v) is 16.6. The van der Waals surface area contributed by atoms with E-state index in [9.17, 15) is 19.2 Å². The first-order valence-corrected chi connectivity index (χ1v) is 30.3. The van der Waals surface area contributed by atoms with Gasteiger partial charge < -0.3 is 37.9 Å². The number of aromatic nitrogens is 6. The van der Waals surface area contributed by atoms with E-state index in [0.29, 0.717) is 34.4 Å². The van der Waals surface area contributed by atoms with Crippen LogP contribution in [0.15, 0.2) is 256 Å². The van der Waals surface area contributed by atoms with Crippen LogP contribution in [0.2, 0.25) is 0 Å². The zero-order chi connectivity index (χ0) is 67.0. The van der Waals surface area contributed by atoms with E-state index in [1.807, 2.05) is 187 Å². The first kappa shape index (κ1) is 63.4. The molecule has 0 N–H and O–H groups in total. The summed E-state index contributed by atoms with van der Waals surface area (Å²) in [6.45, 7) is 0. The Morgan fingerprint density at radius 3 is 0.583 bits per heavy atom. The van der Waals surface area contributed by atoms with Gasteiger partial charge in [0.15, 0.2) is 97.4 Å². The molecular weight excluding hydrogens is 1210 g/mol. The van der Waals surface area contributed by atoms with Gasteiger partial charge in [-0.15, -0.1) is 0 Å². The molecule has 0 bridgehead atoms. The largest absolute Gasteiger partial charge is 0.490 e. The molecule has 0 radical (unpaired) electrons. The molecule has 474 valence electrons. The van der Waals surface area contributed by atoms with Gasteiger partial charge in [-0.05, 0) is 116 Å². The van der Waals surface area contributed by atoms with Crippen molar-refractivity contribution in [1.29, 1.82) is 0 Å². The van der Waals surface area contributed by atoms with Crippen LogP contribution >= 0.6 is 0 Å². The summed E-state index contributed by atoms with van der Waals surface area (Å²) in [5, 5.41) is 0. The molecule has 18 nitrogen and oxygen atoms in total. The lowest BCUT2D eigenvalue weighted by molar-refractivity contribution is -0.596. The molecule has 6 aromatic carbocycles. The fourth-order valence-corrected chi connectivity index (χ4v) is 11.4. The van der Waals surface area contributed by atoms with Crippen molar-refractivity contribution in [2.75, 3.05) is 56.9 Å². The molecule has 0 atom stereocenters. The molecule has 0 spiro atoms. The lowest BCUT2D eigenvalue weighted by Gasteiger charge is -2.10. The summed E-state index contributed by atoms with van der Waals surface area (Å²) >= 11 is 0. The van der Waals surface area contributed by atoms with Crippen LogP contribution in [0.25, 0.3) is 89.8 Å². The van der Waals surface area contributed by atoms with Crippen molar-refractivity contribution in [3.05, 3.63) is 279 Å². The molecule has 12 rings (SSSR count). The first-order chi connectivity index (χ1) is 46.8. The van der Waals surface area contributed by atoms with Gasteiger partial charge in [0.05, 0.1) is 79.1 Å². The molecule has 0 saturated heterocycles. The molecule has 0 unspecified atom stereocenters. The van der Waals surface area contributed by atoms with Crippen molar-refractivity contribution in [2.45, 2.75) is 0 Å². The summed E-state index contributed by atoms with van der Waals surface area (Å²) in [5.74, 6) is 0.551. The Balaban J connectivity index is 0.691. The van der Waals surface area contributed by atoms with Crippen molar-refractivity contribution < 1.29 is 84.5 Å². The number of carbonyl (C=O) groups excluding carboxylic acids is 4. The molecule has 0 aliphatic heterocycles. The number of nitrogens with zero attached hydrogens (tertiary/aromatic N) is 6. The zero-order valence-corrected chi connectivity index (χ0v) is 53.8. The van der Waals surface area contributed by atoms with E-state index < -0.39 is 23.9 Å². The lowest BCUT2D eigenvalue weighted by Crippen LogP contribution is -2.30. The molecule has 0 aliphatic rings. The summed E-state index contributed by atoms with van der Waals surface area (Å²) < 4.78 is 55.3. The van der Waals surface area contributed by atoms with Crippen LogP contribution in [0.4, 0.5) is 0 Å². The molecule has 18 heteroatoms. The number of pyridine rings is 6. The Kier molecular flexibility index (Phi) is 18.5. The molecule has 12 aromatic rings. The molecular formula is C78H66N6O12+6. The van der Waals surface area contributed by atoms with Gasteiger partial charge in [-0.1, -0.05) is 0 Å². The van der Waals surface area contributed by atoms with Crippen LogP contribution in [0.1, 0.15) is 41.4 Å². The average Bonchev–Trinajstić information content (AvgIpc) is 0.822. The molecule has 0 aliphatic carbocycles. The van der Waals surface area contributed by atoms with E-state index in [1.54, 1.807) is 52.7 Å². The predicted molar refractivity (Wildman–Crippen MR) is 354 cm³/mol. The molecule has 0 fully saturated rings. The van der Waals surface area contributed by atoms with Gasteiger partial charge in [0.1, 0.15) is 0 Å². The van der Waals surface area contributed by atoms with E-state index in [4.69, 9.17) is 37.9 Å². The zero-order valence-electron chi connectivity index (χ0n) is 53.8. The number of hydrogen-bond donors (Lipinski definition) is 0. The lowest BCUT2D eigenvalue weighted by atomic mass is 10.0. The van der Waals surface area contributed by atoms with Crippen LogP contribution in [0.5, 0.6) is 23.0 Å². The topological polar surface area (TPSA) is 165 Å². The second-order valence-corrected chi connectivity index (χ2v) is 22.0. The van der Waals surface area contributed by atoms with Crippen LogP contribution in [0.3, 0.4) is 0 Å². The minimum Gasteiger partial charge on any atom is -0.490 e. The maximum atomic E-state index is 12.4. The van der Waals surface area contributed by atoms with Gasteiger partial charge >= 0.3 is 23.9 Å². The highest BCUT2D eigenvalue weighted by Gasteiger charge is 2.25. The summed E-state index contributed by atoms with van der Waals surface area (Å²) in [6.07, 6.45) is 23.5. The van der Waals surface area contributed by atoms with E-state index in [0.717, 1.165) is 78.4 Å². The number of esters is 4. The van der Waals surface area contributed by atoms with Crippen molar-refractivity contribution in [3.8, 4) is 113 Å². The molecule has 6 heterocycles. The standard InChI is InChI=1S/C78H66N6O12/c1-89-71-47-57(9-13-67(71)81-33-21-53(22-34-81)51-17-29-79(30-18-51)65-43-61(75(85)93-5)41-62(44-65)76(86)94-6)59-11-15-69(73(49-59)91-3)83-37-25-55(26-38-83)56-27-39-84(40-28-56)70-16-12-60(50-74(70)92-4)58-10-14-68(72(48-58)90-2)82-35-23-54(24-36-82)52-19-31-80(32-20-52)66-45-63(77(87)95-7)42-64(46-66)78(88)96-8/h9-50H,1-8H3/q+6. The van der Waals surface area contributed by atoms with Gasteiger partial charge in [-0.3, -0.25) is 0 Å². The van der Waals surface area contributed by atoms with Crippen LogP contribution in [-0.4, -0.2) is 80.8 Å². The van der Waals surface area contributed by atoms with Crippen molar-refractivity contribution >= 4 is 23.9 Å². The SMILES string of the molecule is COC(=O)c1cc(C(=O)OC)cc(-[n+]2ccc(-c3cc[n+](-c4ccc(-c5ccc(-[n+]6ccc(-c7cc[n+](-c8ccc(-c9ccc(-[n+]%10ccc(-c%11cc[n+](-c%12cc(C(=O)OC)cc(C(=O)OC)c%12)cc%11)cc%10)c(OC)c9)cc8OC)cc7)cc6)c(OC)c5)cc4OC)cc3)cc2)c1. The number of methoxy groups -OCH3 is 8. The number of hydrogen-bond acceptors (Lipinski definition) is 12. The van der Waals surface area contributed by atoms with Crippen LogP contribution in [0, 0.1) is 0 Å². The van der Waals surface area contributed by atoms with Gasteiger partial charge in [-0.25, -0.2) is 19.2 Å². The molecule has 0 saturated carbocycles. The number of carbonyl (C=O) groups is 4. The Bertz CT molecular complexity index is 4530. The third kappa shape index (κ3) is 13.2. The Morgan fingerprint density at radius 2 is 0.406 bits per heavy atom. The van der Waals surface area contributed by atoms with Gasteiger partial charge in [0.2, 0.25) is 11.4 Å². The monoisotopic (exact) mass is 1280 g/mol. The predicted octanol–water partition coefficient (Wildman–Crippen LogP) is 10.9. The Morgan fingerprint density at radius 1 is 0.219 bits per heavy atom. The van der Waals surface area contributed by atoms with Crippen molar-refractivity contribution in [3.63, 3.8) is 0 Å². The summed E-state index contributed by atoms with van der Waals surface area (Å²) in [4.78, 5) is 49.6. The summed E-state index contributed by atoms with van der Waals surface area (Å²) in [7, 11) is 11.9. The van der Waals surface area contributed by atoms with E-state index in [1.165, 1.54) is 40.6 Å². The second-order valence-electron chi connectivity index (χ2n) is 22.0. The average molecular weight is 1280 g/mol. The van der Waals surface area contributed by atoms with Gasteiger partial charge in [0, 0.05) is 121 Å². The molecule has 6 aromatic heterocycles. The maximum Gasteiger partial charge on any atom is 0.338 e. The number of benzene rings is 6.